The summed E-state index contributed by atoms with van der Waals surface area (Å²) in [7, 11) is 3.62. The fourth-order valence-corrected chi connectivity index (χ4v) is 3.90. The Balaban J connectivity index is 1.87. The van der Waals surface area contributed by atoms with E-state index in [-0.39, 0.29) is 11.9 Å². The third-order valence-corrected chi connectivity index (χ3v) is 6.01. The number of hydrogen-bond donors (Lipinski definition) is 1. The number of halogens is 2. The van der Waals surface area contributed by atoms with E-state index in [2.05, 4.69) is 10.2 Å². The molecule has 8 heteroatoms. The van der Waals surface area contributed by atoms with Crippen molar-refractivity contribution in [2.45, 2.75) is 45.3 Å². The van der Waals surface area contributed by atoms with Gasteiger partial charge >= 0.3 is 0 Å². The van der Waals surface area contributed by atoms with E-state index in [1.807, 2.05) is 31.3 Å². The molecule has 1 amide bonds. The zero-order valence-electron chi connectivity index (χ0n) is 17.1. The van der Waals surface area contributed by atoms with Gasteiger partial charge in [-0.1, -0.05) is 35.7 Å². The molecule has 2 aromatic rings. The lowest BCUT2D eigenvalue weighted by Gasteiger charge is -2.35. The third kappa shape index (κ3) is 5.59. The molecule has 0 bridgehead atoms. The van der Waals surface area contributed by atoms with Crippen LogP contribution >= 0.6 is 23.2 Å². The van der Waals surface area contributed by atoms with Crippen LogP contribution in [0.2, 0.25) is 10.0 Å². The number of benzene rings is 1. The van der Waals surface area contributed by atoms with Gasteiger partial charge in [-0.25, -0.2) is 9.97 Å². The molecule has 1 saturated heterocycles. The van der Waals surface area contributed by atoms with Crippen molar-refractivity contribution >= 4 is 34.9 Å². The number of likely N-dealkylation sites (tertiary alicyclic amines) is 1. The van der Waals surface area contributed by atoms with E-state index >= 15 is 0 Å². The molecule has 1 aliphatic rings. The van der Waals surface area contributed by atoms with Crippen molar-refractivity contribution < 1.29 is 4.79 Å². The summed E-state index contributed by atoms with van der Waals surface area (Å²) >= 11 is 12.3. The van der Waals surface area contributed by atoms with E-state index in [0.717, 1.165) is 55.3 Å². The number of amides is 1. The number of rotatable bonds is 6. The Hall–Kier alpha value is -1.89. The van der Waals surface area contributed by atoms with Crippen molar-refractivity contribution in [2.24, 2.45) is 0 Å². The Morgan fingerprint density at radius 3 is 2.72 bits per heavy atom. The molecule has 0 aliphatic carbocycles. The van der Waals surface area contributed by atoms with E-state index in [1.165, 1.54) is 0 Å². The fourth-order valence-electron chi connectivity index (χ4n) is 3.58. The molecule has 1 aliphatic heterocycles. The van der Waals surface area contributed by atoms with Crippen molar-refractivity contribution in [3.63, 3.8) is 0 Å². The van der Waals surface area contributed by atoms with E-state index in [0.29, 0.717) is 16.6 Å². The second-order valence-corrected chi connectivity index (χ2v) is 8.27. The average Bonchev–Trinajstić information content (AvgIpc) is 2.70. The Morgan fingerprint density at radius 1 is 1.24 bits per heavy atom. The fraction of sp³-hybridized carbons (Fsp3) is 0.476. The number of anilines is 1. The van der Waals surface area contributed by atoms with Crippen molar-refractivity contribution in [1.82, 2.24) is 19.8 Å². The van der Waals surface area contributed by atoms with Gasteiger partial charge in [-0.15, -0.1) is 0 Å². The number of nitrogens with zero attached hydrogens (tertiary/aromatic N) is 4. The number of nitrogens with one attached hydrogen (secondary N) is 1. The van der Waals surface area contributed by atoms with Gasteiger partial charge in [0.1, 0.15) is 11.6 Å². The second kappa shape index (κ2) is 9.74. The minimum Gasteiger partial charge on any atom is -0.373 e. The zero-order chi connectivity index (χ0) is 21.0. The highest BCUT2D eigenvalue weighted by atomic mass is 35.5. The predicted molar refractivity (Wildman–Crippen MR) is 117 cm³/mol. The third-order valence-electron chi connectivity index (χ3n) is 5.27. The quantitative estimate of drug-likeness (QED) is 0.721. The molecule has 1 aromatic carbocycles. The van der Waals surface area contributed by atoms with Crippen molar-refractivity contribution in [3.8, 4) is 0 Å². The highest BCUT2D eigenvalue weighted by Crippen LogP contribution is 2.32. The first-order valence-corrected chi connectivity index (χ1v) is 10.6. The Morgan fingerprint density at radius 2 is 2.03 bits per heavy atom. The van der Waals surface area contributed by atoms with Gasteiger partial charge < -0.3 is 10.2 Å². The lowest BCUT2D eigenvalue weighted by atomic mass is 10.00. The molecule has 156 valence electrons. The molecule has 1 N–H and O–H groups in total. The smallest absolute Gasteiger partial charge is 0.219 e. The average molecular weight is 436 g/mol. The zero-order valence-corrected chi connectivity index (χ0v) is 18.6. The van der Waals surface area contributed by atoms with Crippen molar-refractivity contribution in [2.75, 3.05) is 26.0 Å². The van der Waals surface area contributed by atoms with Crippen LogP contribution in [0.15, 0.2) is 24.3 Å². The van der Waals surface area contributed by atoms with Crippen LogP contribution in [0.25, 0.3) is 0 Å². The van der Waals surface area contributed by atoms with E-state index in [1.54, 1.807) is 18.9 Å². The van der Waals surface area contributed by atoms with Crippen LogP contribution in [0.3, 0.4) is 0 Å². The largest absolute Gasteiger partial charge is 0.373 e. The van der Waals surface area contributed by atoms with Gasteiger partial charge in [0, 0.05) is 33.6 Å². The summed E-state index contributed by atoms with van der Waals surface area (Å²) in [6, 6.07) is 7.79. The molecule has 2 heterocycles. The van der Waals surface area contributed by atoms with E-state index in [9.17, 15) is 4.79 Å². The SMILES string of the molecule is CNc1cc(CN(C)C(C)=O)nc([C@H]2CCCCN2Cc2ccc(Cl)c(Cl)c2)n1. The van der Waals surface area contributed by atoms with Gasteiger partial charge in [0.2, 0.25) is 5.91 Å². The standard InChI is InChI=1S/C21H27Cl2N5O/c1-14(29)27(3)13-16-11-20(24-2)26-21(25-16)19-6-4-5-9-28(19)12-15-7-8-17(22)18(23)10-15/h7-8,10-11,19H,4-6,9,12-13H2,1-3H3,(H,24,25,26)/t19-/m1/s1. The number of carbonyl (C=O) groups is 1. The molecule has 3 rings (SSSR count). The topological polar surface area (TPSA) is 61.4 Å². The molecular weight excluding hydrogens is 409 g/mol. The Bertz CT molecular complexity index is 876. The molecule has 1 atom stereocenters. The van der Waals surface area contributed by atoms with Crippen molar-refractivity contribution in [3.05, 3.63) is 51.4 Å². The lowest BCUT2D eigenvalue weighted by molar-refractivity contribution is -0.128. The molecule has 1 fully saturated rings. The second-order valence-electron chi connectivity index (χ2n) is 7.46. The van der Waals surface area contributed by atoms with Crippen LogP contribution in [0.4, 0.5) is 5.82 Å². The van der Waals surface area contributed by atoms with Gasteiger partial charge in [-0.05, 0) is 37.1 Å². The number of piperidine rings is 1. The maximum absolute atomic E-state index is 11.6. The first-order chi connectivity index (χ1) is 13.9. The number of carbonyl (C=O) groups excluding carboxylic acids is 1. The van der Waals surface area contributed by atoms with Crippen LogP contribution in [0, 0.1) is 0 Å². The predicted octanol–water partition coefficient (Wildman–Crippen LogP) is 4.53. The van der Waals surface area contributed by atoms with Gasteiger partial charge in [-0.3, -0.25) is 9.69 Å². The molecule has 0 spiro atoms. The van der Waals surface area contributed by atoms with Gasteiger partial charge in [0.25, 0.3) is 0 Å². The van der Waals surface area contributed by atoms with E-state index < -0.39 is 0 Å². The first-order valence-electron chi connectivity index (χ1n) is 9.82. The Labute approximate surface area is 182 Å². The summed E-state index contributed by atoms with van der Waals surface area (Å²) in [5.41, 5.74) is 1.95. The van der Waals surface area contributed by atoms with Crippen LogP contribution in [0.1, 0.15) is 49.3 Å². The highest BCUT2D eigenvalue weighted by Gasteiger charge is 2.27. The van der Waals surface area contributed by atoms with Gasteiger partial charge in [0.05, 0.1) is 28.3 Å². The monoisotopic (exact) mass is 435 g/mol. The molecule has 1 aromatic heterocycles. The maximum Gasteiger partial charge on any atom is 0.219 e. The van der Waals surface area contributed by atoms with Crippen LogP contribution in [-0.2, 0) is 17.9 Å². The van der Waals surface area contributed by atoms with Crippen LogP contribution in [-0.4, -0.2) is 46.3 Å². The molecule has 0 saturated carbocycles. The lowest BCUT2D eigenvalue weighted by Crippen LogP contribution is -2.34. The summed E-state index contributed by atoms with van der Waals surface area (Å²) in [5.74, 6) is 1.57. The molecule has 0 unspecified atom stereocenters. The summed E-state index contributed by atoms with van der Waals surface area (Å²) < 4.78 is 0. The highest BCUT2D eigenvalue weighted by molar-refractivity contribution is 6.42. The number of hydrogen-bond acceptors (Lipinski definition) is 5. The van der Waals surface area contributed by atoms with Gasteiger partial charge in [0.15, 0.2) is 0 Å². The van der Waals surface area contributed by atoms with Crippen molar-refractivity contribution in [1.29, 1.82) is 0 Å². The molecule has 0 radical (unpaired) electrons. The Kier molecular flexibility index (Phi) is 7.33. The van der Waals surface area contributed by atoms with E-state index in [4.69, 9.17) is 33.2 Å². The summed E-state index contributed by atoms with van der Waals surface area (Å²) in [5, 5.41) is 4.26. The minimum absolute atomic E-state index is 0.00933. The van der Waals surface area contributed by atoms with Crippen LogP contribution in [0.5, 0.6) is 0 Å². The molecule has 6 nitrogen and oxygen atoms in total. The first kappa shape index (κ1) is 21.8. The molecule has 29 heavy (non-hydrogen) atoms. The summed E-state index contributed by atoms with van der Waals surface area (Å²) in [4.78, 5) is 25.2. The number of aromatic nitrogens is 2. The van der Waals surface area contributed by atoms with Crippen LogP contribution < -0.4 is 5.32 Å². The normalized spacial score (nSPS) is 17.2. The summed E-state index contributed by atoms with van der Waals surface area (Å²) in [6.07, 6.45) is 3.28. The minimum atomic E-state index is 0.00933. The maximum atomic E-state index is 11.6. The van der Waals surface area contributed by atoms with Gasteiger partial charge in [-0.2, -0.15) is 0 Å². The summed E-state index contributed by atoms with van der Waals surface area (Å²) in [6.45, 7) is 3.75. The molecular formula is C21H27Cl2N5O.